The van der Waals surface area contributed by atoms with Crippen molar-refractivity contribution in [2.24, 2.45) is 5.73 Å². The fourth-order valence-corrected chi connectivity index (χ4v) is 1.72. The number of nitrogens with zero attached hydrogens (tertiary/aromatic N) is 3. The Morgan fingerprint density at radius 2 is 2.38 bits per heavy atom. The van der Waals surface area contributed by atoms with Crippen LogP contribution in [0.25, 0.3) is 0 Å². The number of methoxy groups -OCH3 is 1. The molecule has 0 radical (unpaired) electrons. The van der Waals surface area contributed by atoms with Crippen molar-refractivity contribution in [3.8, 4) is 0 Å². The van der Waals surface area contributed by atoms with E-state index >= 15 is 0 Å². The molecule has 1 saturated carbocycles. The van der Waals surface area contributed by atoms with Gasteiger partial charge in [0.1, 0.15) is 0 Å². The van der Waals surface area contributed by atoms with Crippen molar-refractivity contribution < 1.29 is 9.53 Å². The molecule has 1 amide bonds. The van der Waals surface area contributed by atoms with Crippen molar-refractivity contribution >= 4 is 5.91 Å². The van der Waals surface area contributed by atoms with Crippen LogP contribution in [0.3, 0.4) is 0 Å². The summed E-state index contributed by atoms with van der Waals surface area (Å²) in [6, 6.07) is 0.459. The average Bonchev–Trinajstić information content (AvgIpc) is 2.99. The standard InChI is InChI=1S/C10H16N4O2/c1-16-5-4-9-8(6-10(11)15)12-13-14(9)7-2-3-7/h7H,2-6H2,1H3,(H2,11,15). The number of hydrogen-bond donors (Lipinski definition) is 1. The van der Waals surface area contributed by atoms with E-state index in [1.54, 1.807) is 7.11 Å². The first kappa shape index (κ1) is 11.1. The lowest BCUT2D eigenvalue weighted by molar-refractivity contribution is -0.117. The molecule has 0 bridgehead atoms. The third-order valence-electron chi connectivity index (χ3n) is 2.65. The fourth-order valence-electron chi connectivity index (χ4n) is 1.72. The van der Waals surface area contributed by atoms with Gasteiger partial charge in [0.2, 0.25) is 5.91 Å². The lowest BCUT2D eigenvalue weighted by Gasteiger charge is -2.05. The van der Waals surface area contributed by atoms with E-state index in [0.29, 0.717) is 18.3 Å². The van der Waals surface area contributed by atoms with Crippen LogP contribution in [-0.2, 0) is 22.4 Å². The molecule has 16 heavy (non-hydrogen) atoms. The maximum Gasteiger partial charge on any atom is 0.223 e. The Morgan fingerprint density at radius 3 is 2.94 bits per heavy atom. The minimum Gasteiger partial charge on any atom is -0.384 e. The number of aromatic nitrogens is 3. The van der Waals surface area contributed by atoms with Crippen LogP contribution in [0.5, 0.6) is 0 Å². The number of primary amides is 1. The first-order chi connectivity index (χ1) is 7.72. The van der Waals surface area contributed by atoms with Gasteiger partial charge in [0.25, 0.3) is 0 Å². The highest BCUT2D eigenvalue weighted by Gasteiger charge is 2.28. The largest absolute Gasteiger partial charge is 0.384 e. The first-order valence-corrected chi connectivity index (χ1v) is 5.42. The zero-order valence-corrected chi connectivity index (χ0v) is 9.35. The summed E-state index contributed by atoms with van der Waals surface area (Å²) in [6.07, 6.45) is 3.16. The van der Waals surface area contributed by atoms with Gasteiger partial charge in [0.05, 0.1) is 30.5 Å². The quantitative estimate of drug-likeness (QED) is 0.727. The van der Waals surface area contributed by atoms with E-state index in [-0.39, 0.29) is 12.3 Å². The Bertz CT molecular complexity index is 384. The van der Waals surface area contributed by atoms with Crippen LogP contribution in [0.1, 0.15) is 30.3 Å². The van der Waals surface area contributed by atoms with E-state index in [1.165, 1.54) is 0 Å². The Labute approximate surface area is 93.8 Å². The molecule has 1 heterocycles. The molecular weight excluding hydrogens is 208 g/mol. The van der Waals surface area contributed by atoms with Gasteiger partial charge in [0.15, 0.2) is 0 Å². The lowest BCUT2D eigenvalue weighted by atomic mass is 10.2. The molecule has 0 unspecified atom stereocenters. The summed E-state index contributed by atoms with van der Waals surface area (Å²) in [6.45, 7) is 0.603. The number of rotatable bonds is 6. The summed E-state index contributed by atoms with van der Waals surface area (Å²) >= 11 is 0. The molecule has 1 aromatic rings. The zero-order valence-electron chi connectivity index (χ0n) is 9.35. The van der Waals surface area contributed by atoms with Gasteiger partial charge in [-0.25, -0.2) is 4.68 Å². The highest BCUT2D eigenvalue weighted by molar-refractivity contribution is 5.76. The number of carbonyl (C=O) groups is 1. The second-order valence-electron chi connectivity index (χ2n) is 4.04. The zero-order chi connectivity index (χ0) is 11.5. The van der Waals surface area contributed by atoms with E-state index in [2.05, 4.69) is 10.3 Å². The molecule has 1 fully saturated rings. The lowest BCUT2D eigenvalue weighted by Crippen LogP contribution is -2.16. The molecule has 6 heteroatoms. The highest BCUT2D eigenvalue weighted by Crippen LogP contribution is 2.35. The summed E-state index contributed by atoms with van der Waals surface area (Å²) in [5.74, 6) is -0.374. The number of amides is 1. The van der Waals surface area contributed by atoms with Gasteiger partial charge in [-0.3, -0.25) is 4.79 Å². The number of ether oxygens (including phenoxy) is 1. The summed E-state index contributed by atoms with van der Waals surface area (Å²) in [7, 11) is 1.65. The molecule has 88 valence electrons. The molecule has 1 aromatic heterocycles. The average molecular weight is 224 g/mol. The van der Waals surface area contributed by atoms with Crippen LogP contribution >= 0.6 is 0 Å². The molecule has 0 saturated heterocycles. The Hall–Kier alpha value is -1.43. The molecule has 2 rings (SSSR count). The van der Waals surface area contributed by atoms with Gasteiger partial charge in [0, 0.05) is 13.5 Å². The van der Waals surface area contributed by atoms with E-state index in [4.69, 9.17) is 10.5 Å². The van der Waals surface area contributed by atoms with Crippen LogP contribution in [-0.4, -0.2) is 34.6 Å². The molecule has 1 aliphatic carbocycles. The molecular formula is C10H16N4O2. The van der Waals surface area contributed by atoms with Gasteiger partial charge in [-0.2, -0.15) is 0 Å². The molecule has 1 aliphatic rings. The summed E-state index contributed by atoms with van der Waals surface area (Å²) in [5.41, 5.74) is 6.86. The monoisotopic (exact) mass is 224 g/mol. The maximum absolute atomic E-state index is 10.9. The van der Waals surface area contributed by atoms with Crippen LogP contribution in [0.4, 0.5) is 0 Å². The van der Waals surface area contributed by atoms with E-state index in [0.717, 1.165) is 25.0 Å². The SMILES string of the molecule is COCCc1c(CC(N)=O)nnn1C1CC1. The molecule has 2 N–H and O–H groups in total. The second kappa shape index (κ2) is 4.61. The van der Waals surface area contributed by atoms with Crippen LogP contribution < -0.4 is 5.73 Å². The third kappa shape index (κ3) is 2.38. The normalized spacial score (nSPS) is 15.3. The van der Waals surface area contributed by atoms with Crippen molar-refractivity contribution in [3.63, 3.8) is 0 Å². The smallest absolute Gasteiger partial charge is 0.223 e. The predicted octanol–water partition coefficient (Wildman–Crippen LogP) is -0.170. The summed E-state index contributed by atoms with van der Waals surface area (Å²) < 4.78 is 6.96. The van der Waals surface area contributed by atoms with Gasteiger partial charge >= 0.3 is 0 Å². The maximum atomic E-state index is 10.9. The van der Waals surface area contributed by atoms with Crippen molar-refractivity contribution in [2.75, 3.05) is 13.7 Å². The van der Waals surface area contributed by atoms with E-state index in [1.807, 2.05) is 4.68 Å². The van der Waals surface area contributed by atoms with Crippen molar-refractivity contribution in [1.82, 2.24) is 15.0 Å². The molecule has 0 aromatic carbocycles. The highest BCUT2D eigenvalue weighted by atomic mass is 16.5. The predicted molar refractivity (Wildman–Crippen MR) is 56.8 cm³/mol. The Balaban J connectivity index is 2.18. The third-order valence-corrected chi connectivity index (χ3v) is 2.65. The van der Waals surface area contributed by atoms with Gasteiger partial charge in [-0.05, 0) is 12.8 Å². The molecule has 0 spiro atoms. The van der Waals surface area contributed by atoms with Crippen LogP contribution in [0.2, 0.25) is 0 Å². The topological polar surface area (TPSA) is 83.0 Å². The fraction of sp³-hybridized carbons (Fsp3) is 0.700. The second-order valence-corrected chi connectivity index (χ2v) is 4.04. The van der Waals surface area contributed by atoms with Crippen molar-refractivity contribution in [2.45, 2.75) is 31.7 Å². The minimum atomic E-state index is -0.374. The molecule has 0 aliphatic heterocycles. The summed E-state index contributed by atoms with van der Waals surface area (Å²) in [4.78, 5) is 10.9. The molecule has 6 nitrogen and oxygen atoms in total. The molecule has 0 atom stereocenters. The van der Waals surface area contributed by atoms with E-state index in [9.17, 15) is 4.79 Å². The van der Waals surface area contributed by atoms with Gasteiger partial charge < -0.3 is 10.5 Å². The number of nitrogens with two attached hydrogens (primary N) is 1. The van der Waals surface area contributed by atoms with Crippen molar-refractivity contribution in [3.05, 3.63) is 11.4 Å². The number of carbonyl (C=O) groups excluding carboxylic acids is 1. The van der Waals surface area contributed by atoms with E-state index < -0.39 is 0 Å². The van der Waals surface area contributed by atoms with Gasteiger partial charge in [-0.15, -0.1) is 5.10 Å². The Morgan fingerprint density at radius 1 is 1.62 bits per heavy atom. The summed E-state index contributed by atoms with van der Waals surface area (Å²) in [5, 5.41) is 8.11. The number of hydrogen-bond acceptors (Lipinski definition) is 4. The van der Waals surface area contributed by atoms with Crippen LogP contribution in [0.15, 0.2) is 0 Å². The first-order valence-electron chi connectivity index (χ1n) is 5.42. The van der Waals surface area contributed by atoms with Gasteiger partial charge in [-0.1, -0.05) is 5.21 Å². The van der Waals surface area contributed by atoms with Crippen molar-refractivity contribution in [1.29, 1.82) is 0 Å². The minimum absolute atomic E-state index is 0.158. The van der Waals surface area contributed by atoms with Crippen LogP contribution in [0, 0.1) is 0 Å². The Kier molecular flexibility index (Phi) is 3.19.